The Bertz CT molecular complexity index is 1510. The molecule has 0 amide bonds. The molecule has 0 saturated carbocycles. The van der Waals surface area contributed by atoms with Gasteiger partial charge in [-0.25, -0.2) is 13.1 Å². The summed E-state index contributed by atoms with van der Waals surface area (Å²) in [4.78, 5) is 0.146. The third kappa shape index (κ3) is 4.33. The van der Waals surface area contributed by atoms with E-state index in [-0.39, 0.29) is 10.8 Å². The number of para-hydroxylation sites is 1. The van der Waals surface area contributed by atoms with Crippen molar-refractivity contribution in [2.24, 2.45) is 0 Å². The van der Waals surface area contributed by atoms with Crippen LogP contribution in [-0.4, -0.2) is 23.2 Å². The summed E-state index contributed by atoms with van der Waals surface area (Å²) in [6.45, 7) is 2.03. The molecule has 0 atom stereocenters. The molecule has 34 heavy (non-hydrogen) atoms. The molecule has 0 fully saturated rings. The summed E-state index contributed by atoms with van der Waals surface area (Å²) >= 11 is 0. The molecule has 5 aromatic rings. The van der Waals surface area contributed by atoms with E-state index in [2.05, 4.69) is 14.9 Å². The number of aromatic nitrogens is 3. The molecule has 168 valence electrons. The second-order valence-corrected chi connectivity index (χ2v) is 9.56. The standard InChI is InChI=1S/C27H22N4O2S/c1-20-12-14-21(15-13-20)22-16-18-25(19-17-22)34(32,33)30-27-29-28-26(23-8-4-2-5-9-23)31(27)24-10-6-3-7-11-24/h2-19H,1H3,(H,29,30). The van der Waals surface area contributed by atoms with E-state index in [9.17, 15) is 8.42 Å². The fourth-order valence-corrected chi connectivity index (χ4v) is 4.68. The average molecular weight is 467 g/mol. The lowest BCUT2D eigenvalue weighted by atomic mass is 10.0. The van der Waals surface area contributed by atoms with Gasteiger partial charge in [-0.15, -0.1) is 10.2 Å². The smallest absolute Gasteiger partial charge is 0.261 e. The number of aryl methyl sites for hydroxylation is 1. The fraction of sp³-hybridized carbons (Fsp3) is 0.0370. The van der Waals surface area contributed by atoms with Gasteiger partial charge in [-0.2, -0.15) is 0 Å². The third-order valence-electron chi connectivity index (χ3n) is 5.48. The van der Waals surface area contributed by atoms with Gasteiger partial charge in [0.1, 0.15) is 0 Å². The Balaban J connectivity index is 1.50. The molecule has 0 unspecified atom stereocenters. The molecule has 0 spiro atoms. The summed E-state index contributed by atoms with van der Waals surface area (Å²) in [6, 6.07) is 33.8. The Morgan fingerprint density at radius 2 is 1.21 bits per heavy atom. The summed E-state index contributed by atoms with van der Waals surface area (Å²) in [7, 11) is -3.89. The van der Waals surface area contributed by atoms with E-state index in [1.54, 1.807) is 28.8 Å². The zero-order valence-electron chi connectivity index (χ0n) is 18.5. The van der Waals surface area contributed by atoms with Crippen LogP contribution in [0.15, 0.2) is 114 Å². The van der Waals surface area contributed by atoms with Crippen LogP contribution in [0.4, 0.5) is 5.95 Å². The predicted molar refractivity (Wildman–Crippen MR) is 134 cm³/mol. The summed E-state index contributed by atoms with van der Waals surface area (Å²) in [5.41, 5.74) is 4.71. The molecule has 4 aromatic carbocycles. The van der Waals surface area contributed by atoms with E-state index in [4.69, 9.17) is 0 Å². The maximum atomic E-state index is 13.2. The van der Waals surface area contributed by atoms with Gasteiger partial charge >= 0.3 is 0 Å². The number of sulfonamides is 1. The first-order valence-corrected chi connectivity index (χ1v) is 12.3. The minimum absolute atomic E-state index is 0.118. The second kappa shape index (κ2) is 8.96. The first-order valence-electron chi connectivity index (χ1n) is 10.8. The van der Waals surface area contributed by atoms with Crippen molar-refractivity contribution in [2.45, 2.75) is 11.8 Å². The maximum absolute atomic E-state index is 13.2. The molecule has 1 aromatic heterocycles. The van der Waals surface area contributed by atoms with Gasteiger partial charge in [-0.3, -0.25) is 4.57 Å². The van der Waals surface area contributed by atoms with Gasteiger partial charge < -0.3 is 0 Å². The van der Waals surface area contributed by atoms with E-state index in [1.807, 2.05) is 91.9 Å². The summed E-state index contributed by atoms with van der Waals surface area (Å²) in [6.07, 6.45) is 0. The SMILES string of the molecule is Cc1ccc(-c2ccc(S(=O)(=O)Nc3nnc(-c4ccccc4)n3-c3ccccc3)cc2)cc1. The molecular formula is C27H22N4O2S. The molecular weight excluding hydrogens is 444 g/mol. The molecule has 6 nitrogen and oxygen atoms in total. The van der Waals surface area contributed by atoms with Crippen LogP contribution in [-0.2, 0) is 10.0 Å². The van der Waals surface area contributed by atoms with Crippen LogP contribution >= 0.6 is 0 Å². The molecule has 0 aliphatic heterocycles. The lowest BCUT2D eigenvalue weighted by Crippen LogP contribution is -2.16. The number of anilines is 1. The quantitative estimate of drug-likeness (QED) is 0.348. The van der Waals surface area contributed by atoms with Crippen molar-refractivity contribution in [3.05, 3.63) is 115 Å². The van der Waals surface area contributed by atoms with Gasteiger partial charge in [0, 0.05) is 5.56 Å². The number of benzene rings is 4. The van der Waals surface area contributed by atoms with Crippen LogP contribution in [0.25, 0.3) is 28.2 Å². The molecule has 0 saturated heterocycles. The van der Waals surface area contributed by atoms with Crippen molar-refractivity contribution in [3.8, 4) is 28.2 Å². The minimum Gasteiger partial charge on any atom is -0.261 e. The van der Waals surface area contributed by atoms with Gasteiger partial charge in [0.15, 0.2) is 5.82 Å². The van der Waals surface area contributed by atoms with E-state index in [0.717, 1.165) is 22.4 Å². The van der Waals surface area contributed by atoms with Crippen LogP contribution < -0.4 is 4.72 Å². The van der Waals surface area contributed by atoms with Crippen molar-refractivity contribution < 1.29 is 8.42 Å². The molecule has 0 aliphatic carbocycles. The van der Waals surface area contributed by atoms with Crippen LogP contribution in [0.1, 0.15) is 5.56 Å². The van der Waals surface area contributed by atoms with Gasteiger partial charge in [0.05, 0.1) is 10.6 Å². The summed E-state index contributed by atoms with van der Waals surface area (Å²) in [5.74, 6) is 0.659. The Labute approximate surface area is 198 Å². The topological polar surface area (TPSA) is 76.9 Å². The third-order valence-corrected chi connectivity index (χ3v) is 6.83. The van der Waals surface area contributed by atoms with Gasteiger partial charge in [0.2, 0.25) is 5.95 Å². The highest BCUT2D eigenvalue weighted by Crippen LogP contribution is 2.27. The normalized spacial score (nSPS) is 11.3. The Morgan fingerprint density at radius 1 is 0.647 bits per heavy atom. The first kappa shape index (κ1) is 21.6. The van der Waals surface area contributed by atoms with E-state index < -0.39 is 10.0 Å². The van der Waals surface area contributed by atoms with Crippen molar-refractivity contribution in [1.29, 1.82) is 0 Å². The Kier molecular flexibility index (Phi) is 5.69. The van der Waals surface area contributed by atoms with E-state index in [1.165, 1.54) is 5.56 Å². The van der Waals surface area contributed by atoms with Gasteiger partial charge in [0.25, 0.3) is 10.0 Å². The van der Waals surface area contributed by atoms with E-state index in [0.29, 0.717) is 5.82 Å². The Hall–Kier alpha value is -4.23. The number of nitrogens with one attached hydrogen (secondary N) is 1. The number of rotatable bonds is 6. The monoisotopic (exact) mass is 466 g/mol. The maximum Gasteiger partial charge on any atom is 0.264 e. The predicted octanol–water partition coefficient (Wildman–Crippen LogP) is 5.71. The highest BCUT2D eigenvalue weighted by Gasteiger charge is 2.22. The van der Waals surface area contributed by atoms with Crippen LogP contribution in [0, 0.1) is 6.92 Å². The molecule has 1 heterocycles. The van der Waals surface area contributed by atoms with Crippen molar-refractivity contribution in [3.63, 3.8) is 0 Å². The van der Waals surface area contributed by atoms with Gasteiger partial charge in [-0.05, 0) is 42.3 Å². The molecule has 0 radical (unpaired) electrons. The highest BCUT2D eigenvalue weighted by molar-refractivity contribution is 7.92. The molecule has 0 bridgehead atoms. The zero-order chi connectivity index (χ0) is 23.5. The summed E-state index contributed by atoms with van der Waals surface area (Å²) in [5, 5.41) is 8.46. The van der Waals surface area contributed by atoms with E-state index >= 15 is 0 Å². The fourth-order valence-electron chi connectivity index (χ4n) is 3.70. The van der Waals surface area contributed by atoms with Crippen molar-refractivity contribution in [2.75, 3.05) is 4.72 Å². The summed E-state index contributed by atoms with van der Waals surface area (Å²) < 4.78 is 30.8. The lowest BCUT2D eigenvalue weighted by Gasteiger charge is -2.12. The molecule has 0 aliphatic rings. The first-order chi connectivity index (χ1) is 16.5. The molecule has 5 rings (SSSR count). The number of nitrogens with zero attached hydrogens (tertiary/aromatic N) is 3. The largest absolute Gasteiger partial charge is 0.264 e. The number of hydrogen-bond donors (Lipinski definition) is 1. The zero-order valence-corrected chi connectivity index (χ0v) is 19.3. The van der Waals surface area contributed by atoms with Crippen LogP contribution in [0.3, 0.4) is 0 Å². The number of hydrogen-bond acceptors (Lipinski definition) is 4. The highest BCUT2D eigenvalue weighted by atomic mass is 32.2. The Morgan fingerprint density at radius 3 is 1.82 bits per heavy atom. The lowest BCUT2D eigenvalue weighted by molar-refractivity contribution is 0.600. The molecule has 7 heteroatoms. The van der Waals surface area contributed by atoms with Crippen molar-refractivity contribution in [1.82, 2.24) is 14.8 Å². The average Bonchev–Trinajstić information content (AvgIpc) is 3.28. The second-order valence-electron chi connectivity index (χ2n) is 7.88. The van der Waals surface area contributed by atoms with Gasteiger partial charge in [-0.1, -0.05) is 90.5 Å². The van der Waals surface area contributed by atoms with Crippen LogP contribution in [0.2, 0.25) is 0 Å². The minimum atomic E-state index is -3.89. The molecule has 1 N–H and O–H groups in total. The van der Waals surface area contributed by atoms with Crippen molar-refractivity contribution >= 4 is 16.0 Å². The van der Waals surface area contributed by atoms with Crippen LogP contribution in [0.5, 0.6) is 0 Å².